The summed E-state index contributed by atoms with van der Waals surface area (Å²) < 4.78 is 6.88. The van der Waals surface area contributed by atoms with E-state index in [0.717, 1.165) is 11.3 Å². The second kappa shape index (κ2) is 3.70. The van der Waals surface area contributed by atoms with Gasteiger partial charge in [-0.2, -0.15) is 5.10 Å². The van der Waals surface area contributed by atoms with Gasteiger partial charge in [-0.05, 0) is 0 Å². The quantitative estimate of drug-likeness (QED) is 0.853. The first-order valence-corrected chi connectivity index (χ1v) is 4.82. The number of thiazole rings is 1. The number of aromatic nitrogens is 3. The first-order valence-electron chi connectivity index (χ1n) is 4.01. The minimum absolute atomic E-state index is 0.147. The van der Waals surface area contributed by atoms with Gasteiger partial charge in [-0.1, -0.05) is 11.3 Å². The van der Waals surface area contributed by atoms with E-state index in [4.69, 9.17) is 9.84 Å². The molecular weight excluding hydrogens is 218 g/mol. The number of carbonyl (C=O) groups is 1. The third-order valence-corrected chi connectivity index (χ3v) is 2.44. The fraction of sp³-hybridized carbons (Fsp3) is 0.125. The summed E-state index contributed by atoms with van der Waals surface area (Å²) in [5.41, 5.74) is 0. The molecule has 2 aromatic heterocycles. The molecule has 0 saturated carbocycles. The second-order valence-electron chi connectivity index (χ2n) is 2.75. The van der Waals surface area contributed by atoms with Crippen molar-refractivity contribution < 1.29 is 14.6 Å². The van der Waals surface area contributed by atoms with Gasteiger partial charge in [0, 0.05) is 7.05 Å². The molecule has 0 amide bonds. The molecule has 7 heteroatoms. The number of ether oxygens (including phenoxy) is 1. The Morgan fingerprint density at radius 1 is 1.60 bits per heavy atom. The molecule has 0 unspecified atom stereocenters. The van der Waals surface area contributed by atoms with Crippen LogP contribution in [0.5, 0.6) is 10.9 Å². The van der Waals surface area contributed by atoms with Gasteiger partial charge in [-0.3, -0.25) is 4.68 Å². The first-order chi connectivity index (χ1) is 7.15. The van der Waals surface area contributed by atoms with Gasteiger partial charge in [0.1, 0.15) is 4.88 Å². The Morgan fingerprint density at radius 3 is 2.93 bits per heavy atom. The standard InChI is InChI=1S/C8H7N3O3S/c1-11-4-5(2-10-11)14-8-9-3-6(15-8)7(12)13/h2-4H,1H3,(H,12,13). The van der Waals surface area contributed by atoms with Crippen molar-refractivity contribution >= 4 is 17.3 Å². The molecule has 0 aliphatic carbocycles. The summed E-state index contributed by atoms with van der Waals surface area (Å²) in [5.74, 6) is -0.475. The van der Waals surface area contributed by atoms with E-state index in [1.54, 1.807) is 17.9 Å². The number of hydrogen-bond donors (Lipinski definition) is 1. The normalized spacial score (nSPS) is 10.2. The molecule has 0 saturated heterocycles. The molecule has 0 bridgehead atoms. The highest BCUT2D eigenvalue weighted by Gasteiger charge is 2.10. The molecule has 2 aromatic rings. The van der Waals surface area contributed by atoms with Crippen LogP contribution in [0, 0.1) is 0 Å². The van der Waals surface area contributed by atoms with Gasteiger partial charge >= 0.3 is 5.97 Å². The summed E-state index contributed by atoms with van der Waals surface area (Å²) in [6, 6.07) is 0. The van der Waals surface area contributed by atoms with E-state index in [0.29, 0.717) is 10.9 Å². The van der Waals surface area contributed by atoms with Gasteiger partial charge in [-0.25, -0.2) is 9.78 Å². The maximum atomic E-state index is 10.6. The molecule has 2 heterocycles. The largest absolute Gasteiger partial charge is 0.477 e. The lowest BCUT2D eigenvalue weighted by Gasteiger charge is -1.94. The number of carboxylic acids is 1. The molecule has 0 aliphatic heterocycles. The van der Waals surface area contributed by atoms with Crippen molar-refractivity contribution in [2.45, 2.75) is 0 Å². The van der Waals surface area contributed by atoms with Gasteiger partial charge in [0.05, 0.1) is 18.6 Å². The third kappa shape index (κ3) is 2.13. The maximum absolute atomic E-state index is 10.6. The van der Waals surface area contributed by atoms with E-state index < -0.39 is 5.97 Å². The van der Waals surface area contributed by atoms with Gasteiger partial charge < -0.3 is 9.84 Å². The number of nitrogens with zero attached hydrogens (tertiary/aromatic N) is 3. The highest BCUT2D eigenvalue weighted by Crippen LogP contribution is 2.25. The Hall–Kier alpha value is -1.89. The molecule has 0 aliphatic rings. The third-order valence-electron chi connectivity index (χ3n) is 1.58. The minimum Gasteiger partial charge on any atom is -0.477 e. The smallest absolute Gasteiger partial charge is 0.347 e. The number of carboxylic acid groups (broad SMARTS) is 1. The van der Waals surface area contributed by atoms with Crippen LogP contribution in [0.2, 0.25) is 0 Å². The van der Waals surface area contributed by atoms with Gasteiger partial charge in [0.25, 0.3) is 5.19 Å². The van der Waals surface area contributed by atoms with E-state index in [-0.39, 0.29) is 4.88 Å². The lowest BCUT2D eigenvalue weighted by Crippen LogP contribution is -1.89. The van der Waals surface area contributed by atoms with E-state index in [1.165, 1.54) is 12.4 Å². The van der Waals surface area contributed by atoms with Crippen LogP contribution in [0.25, 0.3) is 0 Å². The SMILES string of the molecule is Cn1cc(Oc2ncc(C(=O)O)s2)cn1. The van der Waals surface area contributed by atoms with Gasteiger partial charge in [-0.15, -0.1) is 0 Å². The summed E-state index contributed by atoms with van der Waals surface area (Å²) in [6.07, 6.45) is 4.46. The van der Waals surface area contributed by atoms with Crippen LogP contribution < -0.4 is 4.74 Å². The number of aryl methyl sites for hydroxylation is 1. The molecule has 78 valence electrons. The monoisotopic (exact) mass is 225 g/mol. The van der Waals surface area contributed by atoms with Crippen LogP contribution in [0.15, 0.2) is 18.6 Å². The average molecular weight is 225 g/mol. The molecular formula is C8H7N3O3S. The van der Waals surface area contributed by atoms with E-state index in [1.807, 2.05) is 0 Å². The summed E-state index contributed by atoms with van der Waals surface area (Å²) in [4.78, 5) is 14.5. The Kier molecular flexibility index (Phi) is 2.38. The van der Waals surface area contributed by atoms with Crippen LogP contribution in [0.4, 0.5) is 0 Å². The van der Waals surface area contributed by atoms with Crippen molar-refractivity contribution in [3.05, 3.63) is 23.5 Å². The van der Waals surface area contributed by atoms with Crippen LogP contribution in [0.1, 0.15) is 9.67 Å². The molecule has 15 heavy (non-hydrogen) atoms. The van der Waals surface area contributed by atoms with E-state index in [9.17, 15) is 4.79 Å². The van der Waals surface area contributed by atoms with Crippen LogP contribution in [-0.2, 0) is 7.05 Å². The van der Waals surface area contributed by atoms with E-state index >= 15 is 0 Å². The van der Waals surface area contributed by atoms with Crippen LogP contribution in [0.3, 0.4) is 0 Å². The number of aromatic carboxylic acids is 1. The first kappa shape index (κ1) is 9.66. The Bertz CT molecular complexity index is 491. The van der Waals surface area contributed by atoms with Gasteiger partial charge in [0.15, 0.2) is 5.75 Å². The highest BCUT2D eigenvalue weighted by molar-refractivity contribution is 7.15. The van der Waals surface area contributed by atoms with Crippen molar-refractivity contribution in [2.24, 2.45) is 7.05 Å². The van der Waals surface area contributed by atoms with Crippen LogP contribution >= 0.6 is 11.3 Å². The molecule has 6 nitrogen and oxygen atoms in total. The average Bonchev–Trinajstić information content (AvgIpc) is 2.76. The fourth-order valence-electron chi connectivity index (χ4n) is 0.956. The Morgan fingerprint density at radius 2 is 2.40 bits per heavy atom. The Balaban J connectivity index is 2.14. The summed E-state index contributed by atoms with van der Waals surface area (Å²) >= 11 is 0.975. The molecule has 2 rings (SSSR count). The lowest BCUT2D eigenvalue weighted by molar-refractivity contribution is 0.0702. The predicted octanol–water partition coefficient (Wildman–Crippen LogP) is 1.37. The number of hydrogen-bond acceptors (Lipinski definition) is 5. The molecule has 0 spiro atoms. The minimum atomic E-state index is -1.01. The van der Waals surface area contributed by atoms with Crippen molar-refractivity contribution in [3.8, 4) is 10.9 Å². The zero-order valence-electron chi connectivity index (χ0n) is 7.75. The van der Waals surface area contributed by atoms with Crippen molar-refractivity contribution in [3.63, 3.8) is 0 Å². The molecule has 0 aromatic carbocycles. The summed E-state index contributed by atoms with van der Waals surface area (Å²) in [5, 5.41) is 12.9. The van der Waals surface area contributed by atoms with Crippen molar-refractivity contribution in [1.82, 2.24) is 14.8 Å². The molecule has 0 atom stereocenters. The summed E-state index contributed by atoms with van der Waals surface area (Å²) in [6.45, 7) is 0. The lowest BCUT2D eigenvalue weighted by atomic mass is 10.6. The second-order valence-corrected chi connectivity index (χ2v) is 3.74. The predicted molar refractivity (Wildman–Crippen MR) is 52.4 cm³/mol. The topological polar surface area (TPSA) is 77.2 Å². The number of rotatable bonds is 3. The molecule has 1 N–H and O–H groups in total. The van der Waals surface area contributed by atoms with Gasteiger partial charge in [0.2, 0.25) is 0 Å². The zero-order valence-corrected chi connectivity index (χ0v) is 8.56. The van der Waals surface area contributed by atoms with Crippen molar-refractivity contribution in [2.75, 3.05) is 0 Å². The molecule has 0 radical (unpaired) electrons. The maximum Gasteiger partial charge on any atom is 0.347 e. The van der Waals surface area contributed by atoms with Crippen LogP contribution in [-0.4, -0.2) is 25.8 Å². The fourth-order valence-corrected chi connectivity index (χ4v) is 1.58. The highest BCUT2D eigenvalue weighted by atomic mass is 32.1. The van der Waals surface area contributed by atoms with E-state index in [2.05, 4.69) is 10.1 Å². The zero-order chi connectivity index (χ0) is 10.8. The summed E-state index contributed by atoms with van der Waals surface area (Å²) in [7, 11) is 1.76. The van der Waals surface area contributed by atoms with Crippen molar-refractivity contribution in [1.29, 1.82) is 0 Å². The molecule has 0 fully saturated rings. The Labute approximate surface area is 88.8 Å².